The third kappa shape index (κ3) is 2.91. The summed E-state index contributed by atoms with van der Waals surface area (Å²) in [4.78, 5) is 26.4. The highest BCUT2D eigenvalue weighted by Crippen LogP contribution is 2.25. The van der Waals surface area contributed by atoms with Crippen molar-refractivity contribution < 1.29 is 18.6 Å². The first-order valence-corrected chi connectivity index (χ1v) is 7.62. The molecule has 1 N–H and O–H groups in total. The van der Waals surface area contributed by atoms with Gasteiger partial charge in [0.25, 0.3) is 5.91 Å². The minimum Gasteiger partial charge on any atom is -0.436 e. The molecule has 0 aliphatic heterocycles. The maximum absolute atomic E-state index is 12.1. The van der Waals surface area contributed by atoms with Gasteiger partial charge in [-0.15, -0.1) is 0 Å². The second-order valence-electron chi connectivity index (χ2n) is 5.41. The molecule has 0 aliphatic rings. The lowest BCUT2D eigenvalue weighted by Gasteiger charge is -2.03. The molecule has 26 heavy (non-hydrogen) atoms. The van der Waals surface area contributed by atoms with Gasteiger partial charge >= 0.3 is 5.88 Å². The number of nitro groups is 1. The van der Waals surface area contributed by atoms with E-state index in [2.05, 4.69) is 10.3 Å². The molecule has 8 nitrogen and oxygen atoms in total. The van der Waals surface area contributed by atoms with Crippen LogP contribution >= 0.6 is 0 Å². The van der Waals surface area contributed by atoms with Crippen molar-refractivity contribution in [2.45, 2.75) is 0 Å². The summed E-state index contributed by atoms with van der Waals surface area (Å²) in [5.41, 5.74) is 2.72. The molecule has 2 aromatic heterocycles. The predicted octanol–water partition coefficient (Wildman–Crippen LogP) is 4.25. The van der Waals surface area contributed by atoms with Crippen LogP contribution in [0.4, 0.5) is 11.6 Å². The summed E-state index contributed by atoms with van der Waals surface area (Å²) >= 11 is 0. The van der Waals surface area contributed by atoms with Crippen molar-refractivity contribution in [2.75, 3.05) is 5.32 Å². The van der Waals surface area contributed by atoms with E-state index in [4.69, 9.17) is 8.83 Å². The SMILES string of the molecule is O=C(Nc1ccc(-c2nc3ccccc3o2)cc1)c1ccc([N+](=O)[O-])o1. The molecule has 4 rings (SSSR count). The van der Waals surface area contributed by atoms with E-state index in [0.717, 1.165) is 17.1 Å². The van der Waals surface area contributed by atoms with Crippen LogP contribution < -0.4 is 5.32 Å². The van der Waals surface area contributed by atoms with Gasteiger partial charge in [-0.2, -0.15) is 0 Å². The number of hydrogen-bond acceptors (Lipinski definition) is 6. The minimum absolute atomic E-state index is 0.139. The van der Waals surface area contributed by atoms with Crippen LogP contribution in [0.2, 0.25) is 0 Å². The number of benzene rings is 2. The maximum atomic E-state index is 12.1. The minimum atomic E-state index is -0.702. The summed E-state index contributed by atoms with van der Waals surface area (Å²) in [5, 5.41) is 13.2. The van der Waals surface area contributed by atoms with Crippen molar-refractivity contribution in [3.63, 3.8) is 0 Å². The zero-order valence-corrected chi connectivity index (χ0v) is 13.2. The number of carbonyl (C=O) groups excluding carboxylic acids is 1. The molecular formula is C18H11N3O5. The number of nitrogens with zero attached hydrogens (tertiary/aromatic N) is 2. The number of para-hydroxylation sites is 2. The molecule has 2 heterocycles. The van der Waals surface area contributed by atoms with Crippen LogP contribution in [-0.4, -0.2) is 15.8 Å². The number of amides is 1. The number of carbonyl (C=O) groups is 1. The van der Waals surface area contributed by atoms with Gasteiger partial charge in [-0.1, -0.05) is 12.1 Å². The molecule has 0 saturated heterocycles. The molecular weight excluding hydrogens is 338 g/mol. The van der Waals surface area contributed by atoms with Crippen LogP contribution in [0.5, 0.6) is 0 Å². The molecule has 0 bridgehead atoms. The van der Waals surface area contributed by atoms with Crippen molar-refractivity contribution in [3.05, 3.63) is 76.5 Å². The zero-order chi connectivity index (χ0) is 18.1. The highest BCUT2D eigenvalue weighted by atomic mass is 16.6. The van der Waals surface area contributed by atoms with Gasteiger partial charge in [-0.05, 0) is 42.5 Å². The fourth-order valence-electron chi connectivity index (χ4n) is 2.43. The van der Waals surface area contributed by atoms with Crippen molar-refractivity contribution in [2.24, 2.45) is 0 Å². The van der Waals surface area contributed by atoms with Crippen molar-refractivity contribution in [1.82, 2.24) is 4.98 Å². The third-order valence-corrected chi connectivity index (χ3v) is 3.68. The van der Waals surface area contributed by atoms with Crippen molar-refractivity contribution in [3.8, 4) is 11.5 Å². The maximum Gasteiger partial charge on any atom is 0.433 e. The van der Waals surface area contributed by atoms with E-state index < -0.39 is 16.7 Å². The van der Waals surface area contributed by atoms with E-state index in [1.807, 2.05) is 24.3 Å². The summed E-state index contributed by atoms with van der Waals surface area (Å²) in [6, 6.07) is 16.7. The number of nitrogens with one attached hydrogen (secondary N) is 1. The van der Waals surface area contributed by atoms with E-state index >= 15 is 0 Å². The normalized spacial score (nSPS) is 10.8. The molecule has 1 amide bonds. The van der Waals surface area contributed by atoms with E-state index in [9.17, 15) is 14.9 Å². The molecule has 0 saturated carbocycles. The summed E-state index contributed by atoms with van der Waals surface area (Å²) < 4.78 is 10.6. The standard InChI is InChI=1S/C18H11N3O5/c22-17(15-9-10-16(25-15)21(23)24)19-12-7-5-11(6-8-12)18-20-13-3-1-2-4-14(13)26-18/h1-10H,(H,19,22). The van der Waals surface area contributed by atoms with Crippen LogP contribution in [0.1, 0.15) is 10.6 Å². The lowest BCUT2D eigenvalue weighted by Crippen LogP contribution is -2.10. The Labute approximate surface area is 146 Å². The van der Waals surface area contributed by atoms with Crippen LogP contribution in [0.15, 0.2) is 69.5 Å². The molecule has 0 unspecified atom stereocenters. The van der Waals surface area contributed by atoms with Gasteiger partial charge in [0, 0.05) is 11.3 Å². The Morgan fingerprint density at radius 3 is 2.46 bits per heavy atom. The molecule has 0 spiro atoms. The number of hydrogen-bond donors (Lipinski definition) is 1. The predicted molar refractivity (Wildman–Crippen MR) is 92.8 cm³/mol. The van der Waals surface area contributed by atoms with Crippen molar-refractivity contribution in [1.29, 1.82) is 0 Å². The summed E-state index contributed by atoms with van der Waals surface area (Å²) in [6.45, 7) is 0. The van der Waals surface area contributed by atoms with Crippen LogP contribution in [0.3, 0.4) is 0 Å². The summed E-state index contributed by atoms with van der Waals surface area (Å²) in [7, 11) is 0. The Kier molecular flexibility index (Phi) is 3.70. The number of rotatable bonds is 4. The number of oxazole rings is 1. The van der Waals surface area contributed by atoms with Crippen molar-refractivity contribution >= 4 is 28.6 Å². The van der Waals surface area contributed by atoms with Gasteiger partial charge in [0.15, 0.2) is 11.3 Å². The van der Waals surface area contributed by atoms with E-state index in [0.29, 0.717) is 17.2 Å². The quantitative estimate of drug-likeness (QED) is 0.435. The Hall–Kier alpha value is -3.94. The number of anilines is 1. The Morgan fingerprint density at radius 2 is 1.77 bits per heavy atom. The first kappa shape index (κ1) is 15.6. The smallest absolute Gasteiger partial charge is 0.433 e. The fraction of sp³-hybridized carbons (Fsp3) is 0. The summed E-state index contributed by atoms with van der Waals surface area (Å²) in [5.74, 6) is -0.723. The van der Waals surface area contributed by atoms with Crippen LogP contribution in [-0.2, 0) is 0 Å². The first-order valence-electron chi connectivity index (χ1n) is 7.62. The average Bonchev–Trinajstić information content (AvgIpc) is 3.29. The van der Waals surface area contributed by atoms with Gasteiger partial charge in [0.05, 0.1) is 6.07 Å². The largest absolute Gasteiger partial charge is 0.436 e. The molecule has 0 atom stereocenters. The van der Waals surface area contributed by atoms with Gasteiger partial charge < -0.3 is 14.2 Å². The van der Waals surface area contributed by atoms with Crippen LogP contribution in [0, 0.1) is 10.1 Å². The molecule has 128 valence electrons. The average molecular weight is 349 g/mol. The van der Waals surface area contributed by atoms with Gasteiger partial charge in [-0.3, -0.25) is 14.9 Å². The summed E-state index contributed by atoms with van der Waals surface area (Å²) in [6.07, 6.45) is 0. The molecule has 0 radical (unpaired) electrons. The van der Waals surface area contributed by atoms with Gasteiger partial charge in [-0.25, -0.2) is 4.98 Å². The second-order valence-corrected chi connectivity index (χ2v) is 5.41. The van der Waals surface area contributed by atoms with Crippen LogP contribution in [0.25, 0.3) is 22.6 Å². The Morgan fingerprint density at radius 1 is 1.00 bits per heavy atom. The number of fused-ring (bicyclic) bond motifs is 1. The zero-order valence-electron chi connectivity index (χ0n) is 13.2. The molecule has 0 aliphatic carbocycles. The van der Waals surface area contributed by atoms with E-state index in [-0.39, 0.29) is 5.76 Å². The Balaban J connectivity index is 1.51. The highest BCUT2D eigenvalue weighted by molar-refractivity contribution is 6.02. The highest BCUT2D eigenvalue weighted by Gasteiger charge is 2.17. The molecule has 2 aromatic carbocycles. The molecule has 0 fully saturated rings. The number of aromatic nitrogens is 1. The van der Waals surface area contributed by atoms with E-state index in [1.165, 1.54) is 6.07 Å². The fourth-order valence-corrected chi connectivity index (χ4v) is 2.43. The topological polar surface area (TPSA) is 111 Å². The van der Waals surface area contributed by atoms with Gasteiger partial charge in [0.2, 0.25) is 5.89 Å². The second kappa shape index (κ2) is 6.17. The van der Waals surface area contributed by atoms with Gasteiger partial charge in [0.1, 0.15) is 10.4 Å². The van der Waals surface area contributed by atoms with E-state index in [1.54, 1.807) is 24.3 Å². The molecule has 8 heteroatoms. The Bertz CT molecular complexity index is 1080. The first-order chi connectivity index (χ1) is 12.6. The number of furan rings is 1. The third-order valence-electron chi connectivity index (χ3n) is 3.68. The lowest BCUT2D eigenvalue weighted by atomic mass is 10.2. The monoisotopic (exact) mass is 349 g/mol. The molecule has 4 aromatic rings. The lowest BCUT2D eigenvalue weighted by molar-refractivity contribution is -0.402.